The lowest BCUT2D eigenvalue weighted by Crippen LogP contribution is -2.56. The van der Waals surface area contributed by atoms with Crippen LogP contribution >= 0.6 is 0 Å². The topological polar surface area (TPSA) is 18.5 Å². The highest BCUT2D eigenvalue weighted by molar-refractivity contribution is 5.51. The van der Waals surface area contributed by atoms with Crippen molar-refractivity contribution in [2.24, 2.45) is 0 Å². The molecule has 0 radical (unpaired) electrons. The molecular formula is C13H8F12O2. The van der Waals surface area contributed by atoms with Crippen LogP contribution in [-0.4, -0.2) is 26.6 Å². The molecule has 0 saturated carbocycles. The summed E-state index contributed by atoms with van der Waals surface area (Å²) >= 11 is 0. The van der Waals surface area contributed by atoms with Gasteiger partial charge in [-0.2, -0.15) is 52.7 Å². The summed E-state index contributed by atoms with van der Waals surface area (Å²) in [5.41, 5.74) is -13.3. The molecule has 0 atom stereocenters. The summed E-state index contributed by atoms with van der Waals surface area (Å²) in [6, 6.07) is -1.28. The van der Waals surface area contributed by atoms with E-state index in [9.17, 15) is 52.7 Å². The molecule has 0 saturated heterocycles. The molecule has 0 amide bonds. The lowest BCUT2D eigenvalue weighted by atomic mass is 9.85. The highest BCUT2D eigenvalue weighted by Crippen LogP contribution is 2.58. The van der Waals surface area contributed by atoms with Crippen molar-refractivity contribution in [2.45, 2.75) is 30.3 Å². The molecule has 1 aromatic carbocycles. The number of hydrogen-bond acceptors (Lipinski definition) is 2. The number of alkyl halides is 12. The molecule has 0 N–H and O–H groups in total. The third-order valence-corrected chi connectivity index (χ3v) is 3.41. The van der Waals surface area contributed by atoms with Crippen molar-refractivity contribution in [3.05, 3.63) is 28.8 Å². The van der Waals surface area contributed by atoms with Gasteiger partial charge in [-0.3, -0.25) is 0 Å². The van der Waals surface area contributed by atoms with Gasteiger partial charge in [0.25, 0.3) is 5.60 Å². The monoisotopic (exact) mass is 424 g/mol. The van der Waals surface area contributed by atoms with Crippen LogP contribution in [0, 0.1) is 0 Å². The summed E-state index contributed by atoms with van der Waals surface area (Å²) in [6.45, 7) is 0. The zero-order valence-corrected chi connectivity index (χ0v) is 13.0. The number of benzene rings is 1. The Kier molecular flexibility index (Phi) is 5.70. The molecule has 0 fully saturated rings. The van der Waals surface area contributed by atoms with E-state index in [1.54, 1.807) is 0 Å². The Morgan fingerprint density at radius 2 is 1.11 bits per heavy atom. The second-order valence-electron chi connectivity index (χ2n) is 4.98. The van der Waals surface area contributed by atoms with Crippen LogP contribution in [0.5, 0.6) is 5.75 Å². The third-order valence-electron chi connectivity index (χ3n) is 3.41. The van der Waals surface area contributed by atoms with Crippen LogP contribution in [0.25, 0.3) is 0 Å². The maximum atomic E-state index is 13.3. The van der Waals surface area contributed by atoms with Crippen LogP contribution in [0.2, 0.25) is 0 Å². The molecule has 0 aromatic heterocycles. The molecule has 27 heavy (non-hydrogen) atoms. The van der Waals surface area contributed by atoms with Crippen molar-refractivity contribution in [1.29, 1.82) is 0 Å². The Hall–Kier alpha value is -1.86. The van der Waals surface area contributed by atoms with Crippen LogP contribution < -0.4 is 4.74 Å². The lowest BCUT2D eigenvalue weighted by molar-refractivity contribution is -0.384. The summed E-state index contributed by atoms with van der Waals surface area (Å²) in [7, 11) is 0.130. The van der Waals surface area contributed by atoms with Gasteiger partial charge in [-0.1, -0.05) is 0 Å². The van der Waals surface area contributed by atoms with E-state index < -0.39 is 64.9 Å². The summed E-state index contributed by atoms with van der Waals surface area (Å²) < 4.78 is 165. The van der Waals surface area contributed by atoms with Crippen molar-refractivity contribution in [2.75, 3.05) is 14.2 Å². The van der Waals surface area contributed by atoms with Crippen molar-refractivity contribution < 1.29 is 62.2 Å². The van der Waals surface area contributed by atoms with Gasteiger partial charge < -0.3 is 9.47 Å². The fourth-order valence-corrected chi connectivity index (χ4v) is 2.30. The number of hydrogen-bond donors (Lipinski definition) is 0. The van der Waals surface area contributed by atoms with Gasteiger partial charge >= 0.3 is 24.7 Å². The number of halogens is 12. The molecular weight excluding hydrogens is 416 g/mol. The molecule has 0 spiro atoms. The van der Waals surface area contributed by atoms with Crippen molar-refractivity contribution in [1.82, 2.24) is 0 Å². The minimum Gasteiger partial charge on any atom is -0.496 e. The Bertz CT molecular complexity index is 667. The summed E-state index contributed by atoms with van der Waals surface area (Å²) in [4.78, 5) is 0. The molecule has 0 aliphatic heterocycles. The van der Waals surface area contributed by atoms with Gasteiger partial charge in [0.1, 0.15) is 5.75 Å². The first-order valence-electron chi connectivity index (χ1n) is 6.40. The van der Waals surface area contributed by atoms with Gasteiger partial charge in [0, 0.05) is 7.11 Å². The average molecular weight is 424 g/mol. The smallest absolute Gasteiger partial charge is 0.431 e. The zero-order valence-electron chi connectivity index (χ0n) is 13.0. The molecule has 1 rings (SSSR count). The summed E-state index contributed by atoms with van der Waals surface area (Å²) in [6.07, 6.45) is -24.6. The minimum absolute atomic E-state index is 0.182. The molecule has 0 heterocycles. The van der Waals surface area contributed by atoms with E-state index in [2.05, 4.69) is 9.47 Å². The molecule has 0 bridgehead atoms. The maximum Gasteiger partial charge on any atom is 0.431 e. The normalized spacial score (nSPS) is 14.4. The fraction of sp³-hybridized carbons (Fsp3) is 0.538. The van der Waals surface area contributed by atoms with Crippen LogP contribution in [0.3, 0.4) is 0 Å². The van der Waals surface area contributed by atoms with Gasteiger partial charge in [0.05, 0.1) is 23.8 Å². The zero-order chi connectivity index (χ0) is 21.6. The lowest BCUT2D eigenvalue weighted by Gasteiger charge is -2.38. The molecule has 1 aromatic rings. The maximum absolute atomic E-state index is 13.3. The first kappa shape index (κ1) is 23.2. The Balaban J connectivity index is 4.22. The second kappa shape index (κ2) is 6.63. The van der Waals surface area contributed by atoms with E-state index in [0.717, 1.165) is 0 Å². The first-order valence-corrected chi connectivity index (χ1v) is 6.40. The largest absolute Gasteiger partial charge is 0.496 e. The number of rotatable bonds is 3. The van der Waals surface area contributed by atoms with Crippen LogP contribution in [0.4, 0.5) is 52.7 Å². The summed E-state index contributed by atoms with van der Waals surface area (Å²) in [5, 5.41) is 0. The molecule has 2 nitrogen and oxygen atoms in total. The van der Waals surface area contributed by atoms with E-state index in [4.69, 9.17) is 0 Å². The third kappa shape index (κ3) is 3.89. The van der Waals surface area contributed by atoms with Gasteiger partial charge in [-0.15, -0.1) is 0 Å². The minimum atomic E-state index is -6.53. The average Bonchev–Trinajstić information content (AvgIpc) is 2.42. The van der Waals surface area contributed by atoms with Crippen molar-refractivity contribution >= 4 is 0 Å². The Labute approximate surface area is 142 Å². The van der Waals surface area contributed by atoms with Crippen LogP contribution in [0.1, 0.15) is 16.7 Å². The standard InChI is InChI=1S/C13H8F12O2/c1-26-7-4-5(10(14,15)16)3-6(11(17,18)19)8(7)9(27-2,12(20,21)22)13(23,24)25/h3-4H,1-2H3. The van der Waals surface area contributed by atoms with Gasteiger partial charge in [0.2, 0.25) is 0 Å². The van der Waals surface area contributed by atoms with Crippen LogP contribution in [-0.2, 0) is 22.7 Å². The van der Waals surface area contributed by atoms with Gasteiger partial charge in [-0.05, 0) is 12.1 Å². The molecule has 156 valence electrons. The van der Waals surface area contributed by atoms with Crippen molar-refractivity contribution in [3.63, 3.8) is 0 Å². The number of methoxy groups -OCH3 is 2. The predicted molar refractivity (Wildman–Crippen MR) is 63.8 cm³/mol. The highest BCUT2D eigenvalue weighted by atomic mass is 19.4. The number of ether oxygens (including phenoxy) is 2. The summed E-state index contributed by atoms with van der Waals surface area (Å²) in [5.74, 6) is -1.95. The highest BCUT2D eigenvalue weighted by Gasteiger charge is 2.75. The van der Waals surface area contributed by atoms with Crippen molar-refractivity contribution in [3.8, 4) is 5.75 Å². The SMILES string of the molecule is COc1cc(C(F)(F)F)cc(C(F)(F)F)c1C(OC)(C(F)(F)F)C(F)(F)F. The van der Waals surface area contributed by atoms with E-state index >= 15 is 0 Å². The van der Waals surface area contributed by atoms with Gasteiger partial charge in [0.15, 0.2) is 0 Å². The second-order valence-corrected chi connectivity index (χ2v) is 4.98. The molecule has 14 heteroatoms. The van der Waals surface area contributed by atoms with Crippen LogP contribution in [0.15, 0.2) is 12.1 Å². The Morgan fingerprint density at radius 1 is 0.667 bits per heavy atom. The first-order chi connectivity index (χ1) is 11.8. The fourth-order valence-electron chi connectivity index (χ4n) is 2.30. The van der Waals surface area contributed by atoms with Gasteiger partial charge in [-0.25, -0.2) is 0 Å². The van der Waals surface area contributed by atoms with E-state index in [0.29, 0.717) is 7.11 Å². The Morgan fingerprint density at radius 3 is 1.37 bits per heavy atom. The molecule has 0 aliphatic rings. The van der Waals surface area contributed by atoms with E-state index in [-0.39, 0.29) is 7.11 Å². The van der Waals surface area contributed by atoms with E-state index in [1.165, 1.54) is 0 Å². The van der Waals surface area contributed by atoms with E-state index in [1.807, 2.05) is 0 Å². The molecule has 0 aliphatic carbocycles. The predicted octanol–water partition coefficient (Wildman–Crippen LogP) is 5.70. The quantitative estimate of drug-likeness (QED) is 0.580. The molecule has 0 unspecified atom stereocenters.